The highest BCUT2D eigenvalue weighted by Gasteiger charge is 2.33. The van der Waals surface area contributed by atoms with Gasteiger partial charge in [0.2, 0.25) is 0 Å². The van der Waals surface area contributed by atoms with E-state index in [0.29, 0.717) is 11.8 Å². The van der Waals surface area contributed by atoms with Crippen molar-refractivity contribution in [1.82, 2.24) is 0 Å². The van der Waals surface area contributed by atoms with Gasteiger partial charge in [-0.1, -0.05) is 47.5 Å². The third-order valence-corrected chi connectivity index (χ3v) is 7.83. The highest BCUT2D eigenvalue weighted by atomic mass is 35.5. The van der Waals surface area contributed by atoms with E-state index in [1.807, 2.05) is 24.3 Å². The Morgan fingerprint density at radius 1 is 0.704 bits per heavy atom. The van der Waals surface area contributed by atoms with Gasteiger partial charge in [0, 0.05) is 45.6 Å². The Morgan fingerprint density at radius 2 is 1.07 bits per heavy atom. The molecule has 0 aliphatic heterocycles. The maximum Gasteiger partial charge on any atom is 0.0406 e. The average molecular weight is 439 g/mol. The first-order chi connectivity index (χ1) is 13.2. The number of hydrogen-bond donors (Lipinski definition) is 0. The molecule has 0 amide bonds. The molecule has 144 valence electrons. The molecule has 0 aromatic heterocycles. The smallest absolute Gasteiger partial charge is 0.0406 e. The van der Waals surface area contributed by atoms with Crippen LogP contribution in [-0.4, -0.2) is 11.5 Å². The zero-order chi connectivity index (χ0) is 18.6. The van der Waals surface area contributed by atoms with E-state index in [1.54, 1.807) is 24.1 Å². The first-order valence-electron chi connectivity index (χ1n) is 9.62. The normalized spacial score (nSPS) is 19.0. The minimum Gasteiger partial charge on any atom is -0.247 e. The van der Waals surface area contributed by atoms with E-state index in [-0.39, 0.29) is 0 Å². The number of benzene rings is 2. The SMILES string of the molecule is Clc1ccc(C(CSOSCC(c2ccc(Cl)cc2)C2CC2)C2CC2)cc1. The molecule has 0 N–H and O–H groups in total. The second kappa shape index (κ2) is 9.45. The number of rotatable bonds is 10. The molecule has 2 unspecified atom stereocenters. The molecule has 2 saturated carbocycles. The van der Waals surface area contributed by atoms with Gasteiger partial charge in [0.15, 0.2) is 0 Å². The molecule has 2 aliphatic rings. The monoisotopic (exact) mass is 438 g/mol. The van der Waals surface area contributed by atoms with E-state index < -0.39 is 0 Å². The van der Waals surface area contributed by atoms with Crippen molar-refractivity contribution in [3.8, 4) is 0 Å². The summed E-state index contributed by atoms with van der Waals surface area (Å²) in [4.78, 5) is 0. The molecule has 0 saturated heterocycles. The lowest BCUT2D eigenvalue weighted by Crippen LogP contribution is -2.06. The highest BCUT2D eigenvalue weighted by Crippen LogP contribution is 2.46. The van der Waals surface area contributed by atoms with E-state index in [1.165, 1.54) is 36.8 Å². The van der Waals surface area contributed by atoms with Crippen LogP contribution in [0.15, 0.2) is 48.5 Å². The van der Waals surface area contributed by atoms with Gasteiger partial charge in [0.1, 0.15) is 0 Å². The lowest BCUT2D eigenvalue weighted by atomic mass is 9.96. The van der Waals surface area contributed by atoms with Gasteiger partial charge in [-0.3, -0.25) is 0 Å². The van der Waals surface area contributed by atoms with Crippen molar-refractivity contribution < 1.29 is 3.63 Å². The lowest BCUT2D eigenvalue weighted by Gasteiger charge is -2.18. The van der Waals surface area contributed by atoms with Crippen molar-refractivity contribution in [2.75, 3.05) is 11.5 Å². The second-order valence-corrected chi connectivity index (χ2v) is 10.2. The summed E-state index contributed by atoms with van der Waals surface area (Å²) in [7, 11) is 0. The van der Waals surface area contributed by atoms with Crippen LogP contribution in [0.1, 0.15) is 48.6 Å². The maximum atomic E-state index is 6.04. The van der Waals surface area contributed by atoms with Crippen LogP contribution < -0.4 is 0 Å². The summed E-state index contributed by atoms with van der Waals surface area (Å²) in [5, 5.41) is 1.61. The summed E-state index contributed by atoms with van der Waals surface area (Å²) in [6.07, 6.45) is 5.34. The Kier molecular flexibility index (Phi) is 6.99. The fraction of sp³-hybridized carbons (Fsp3) is 0.455. The van der Waals surface area contributed by atoms with Crippen molar-refractivity contribution in [3.63, 3.8) is 0 Å². The molecule has 2 aliphatic carbocycles. The zero-order valence-electron chi connectivity index (χ0n) is 15.2. The van der Waals surface area contributed by atoms with Crippen LogP contribution in [0.5, 0.6) is 0 Å². The summed E-state index contributed by atoms with van der Waals surface area (Å²) in [5.74, 6) is 4.77. The molecule has 2 fully saturated rings. The Balaban J connectivity index is 1.25. The molecule has 4 rings (SSSR count). The molecule has 2 atom stereocenters. The third kappa shape index (κ3) is 5.83. The number of halogens is 2. The fourth-order valence-corrected chi connectivity index (χ4v) is 5.85. The molecular weight excluding hydrogens is 415 g/mol. The third-order valence-electron chi connectivity index (χ3n) is 5.57. The summed E-state index contributed by atoms with van der Waals surface area (Å²) in [6.45, 7) is 0. The van der Waals surface area contributed by atoms with Crippen LogP contribution in [0.25, 0.3) is 0 Å². The van der Waals surface area contributed by atoms with E-state index in [4.69, 9.17) is 26.8 Å². The summed E-state index contributed by atoms with van der Waals surface area (Å²) < 4.78 is 5.92. The largest absolute Gasteiger partial charge is 0.247 e. The molecule has 2 aromatic carbocycles. The van der Waals surface area contributed by atoms with Crippen LogP contribution in [0, 0.1) is 11.8 Å². The molecule has 0 bridgehead atoms. The predicted molar refractivity (Wildman–Crippen MR) is 120 cm³/mol. The van der Waals surface area contributed by atoms with Crippen LogP contribution in [0.4, 0.5) is 0 Å². The van der Waals surface area contributed by atoms with Crippen molar-refractivity contribution in [2.45, 2.75) is 37.5 Å². The molecule has 27 heavy (non-hydrogen) atoms. The topological polar surface area (TPSA) is 9.23 Å². The van der Waals surface area contributed by atoms with E-state index in [2.05, 4.69) is 24.3 Å². The number of hydrogen-bond acceptors (Lipinski definition) is 3. The maximum absolute atomic E-state index is 6.04. The van der Waals surface area contributed by atoms with Gasteiger partial charge in [-0.05, 0) is 84.7 Å². The first-order valence-corrected chi connectivity index (χ1v) is 12.2. The van der Waals surface area contributed by atoms with Crippen LogP contribution in [-0.2, 0) is 3.63 Å². The Hall–Kier alpha value is -0.320. The zero-order valence-corrected chi connectivity index (χ0v) is 18.3. The van der Waals surface area contributed by atoms with Crippen molar-refractivity contribution in [2.24, 2.45) is 11.8 Å². The Bertz CT molecular complexity index is 663. The first kappa shape index (κ1) is 20.0. The molecule has 5 heteroatoms. The summed E-state index contributed by atoms with van der Waals surface area (Å²) in [5.41, 5.74) is 2.78. The summed E-state index contributed by atoms with van der Waals surface area (Å²) >= 11 is 15.3. The summed E-state index contributed by atoms with van der Waals surface area (Å²) in [6, 6.07) is 16.7. The van der Waals surface area contributed by atoms with Gasteiger partial charge < -0.3 is 0 Å². The minimum atomic E-state index is 0.573. The standard InChI is InChI=1S/C22H24Cl2OS2/c23-19-9-5-17(6-10-19)21(15-1-2-15)13-26-25-27-14-22(16-3-4-16)18-7-11-20(24)12-8-18/h5-12,15-16,21-22H,1-4,13-14H2. The van der Waals surface area contributed by atoms with Gasteiger partial charge in [-0.2, -0.15) is 0 Å². The molecule has 0 radical (unpaired) electrons. The van der Waals surface area contributed by atoms with Gasteiger partial charge in [0.05, 0.1) is 0 Å². The lowest BCUT2D eigenvalue weighted by molar-refractivity contribution is 0.644. The average Bonchev–Trinajstić information content (AvgIpc) is 3.56. The minimum absolute atomic E-state index is 0.573. The molecule has 2 aromatic rings. The van der Waals surface area contributed by atoms with Gasteiger partial charge >= 0.3 is 0 Å². The molecule has 1 nitrogen and oxygen atoms in total. The Labute approximate surface area is 181 Å². The fourth-order valence-electron chi connectivity index (χ4n) is 3.66. The molecule has 0 spiro atoms. The predicted octanol–water partition coefficient (Wildman–Crippen LogP) is 7.99. The van der Waals surface area contributed by atoms with E-state index in [9.17, 15) is 0 Å². The van der Waals surface area contributed by atoms with E-state index >= 15 is 0 Å². The van der Waals surface area contributed by atoms with E-state index in [0.717, 1.165) is 33.4 Å². The van der Waals surface area contributed by atoms with Crippen LogP contribution in [0.3, 0.4) is 0 Å². The molecular formula is C22H24Cl2OS2. The van der Waals surface area contributed by atoms with Gasteiger partial charge in [-0.25, -0.2) is 3.63 Å². The van der Waals surface area contributed by atoms with Crippen molar-refractivity contribution >= 4 is 47.3 Å². The van der Waals surface area contributed by atoms with Crippen LogP contribution >= 0.6 is 47.3 Å². The highest BCUT2D eigenvalue weighted by molar-refractivity contribution is 8.07. The van der Waals surface area contributed by atoms with Crippen molar-refractivity contribution in [3.05, 3.63) is 69.7 Å². The molecule has 0 heterocycles. The van der Waals surface area contributed by atoms with Gasteiger partial charge in [0.25, 0.3) is 0 Å². The Morgan fingerprint density at radius 3 is 1.41 bits per heavy atom. The van der Waals surface area contributed by atoms with Crippen LogP contribution in [0.2, 0.25) is 10.0 Å². The van der Waals surface area contributed by atoms with Gasteiger partial charge in [-0.15, -0.1) is 0 Å². The quantitative estimate of drug-likeness (QED) is 0.274. The van der Waals surface area contributed by atoms with Crippen molar-refractivity contribution in [1.29, 1.82) is 0 Å². The second-order valence-electron chi connectivity index (χ2n) is 7.63.